The number of nitrogens with zero attached hydrogens (tertiary/aromatic N) is 2. The first kappa shape index (κ1) is 15.3. The number of benzene rings is 2. The van der Waals surface area contributed by atoms with Gasteiger partial charge in [-0.1, -0.05) is 33.2 Å². The molecule has 0 saturated heterocycles. The minimum atomic E-state index is -0.270. The van der Waals surface area contributed by atoms with Gasteiger partial charge in [-0.05, 0) is 35.9 Å². The van der Waals surface area contributed by atoms with Gasteiger partial charge in [-0.25, -0.2) is 4.39 Å². The molecule has 0 aromatic heterocycles. The molecule has 0 saturated carbocycles. The maximum Gasteiger partial charge on any atom is 0.172 e. The van der Waals surface area contributed by atoms with Crippen LogP contribution in [0.1, 0.15) is 11.1 Å². The van der Waals surface area contributed by atoms with Gasteiger partial charge >= 0.3 is 0 Å². The van der Waals surface area contributed by atoms with Crippen LogP contribution in [0, 0.1) is 5.82 Å². The molecule has 2 aromatic carbocycles. The first-order valence-electron chi connectivity index (χ1n) is 6.24. The van der Waals surface area contributed by atoms with E-state index in [4.69, 9.17) is 10.9 Å². The molecule has 0 unspecified atom stereocenters. The van der Waals surface area contributed by atoms with Gasteiger partial charge in [0, 0.05) is 29.3 Å². The zero-order chi connectivity index (χ0) is 15.4. The van der Waals surface area contributed by atoms with Gasteiger partial charge in [0.1, 0.15) is 5.82 Å². The van der Waals surface area contributed by atoms with Crippen LogP contribution in [0.5, 0.6) is 0 Å². The van der Waals surface area contributed by atoms with Gasteiger partial charge in [0.05, 0.1) is 0 Å². The number of halogens is 2. The molecule has 0 spiro atoms. The van der Waals surface area contributed by atoms with Crippen molar-refractivity contribution in [3.8, 4) is 0 Å². The number of rotatable bonds is 4. The maximum absolute atomic E-state index is 13.2. The van der Waals surface area contributed by atoms with E-state index in [1.165, 1.54) is 12.1 Å². The molecule has 3 N–H and O–H groups in total. The van der Waals surface area contributed by atoms with Crippen LogP contribution < -0.4 is 10.6 Å². The summed E-state index contributed by atoms with van der Waals surface area (Å²) in [7, 11) is 1.86. The van der Waals surface area contributed by atoms with E-state index < -0.39 is 0 Å². The van der Waals surface area contributed by atoms with Crippen molar-refractivity contribution in [1.82, 2.24) is 0 Å². The lowest BCUT2D eigenvalue weighted by molar-refractivity contribution is 0.318. The topological polar surface area (TPSA) is 61.8 Å². The van der Waals surface area contributed by atoms with Gasteiger partial charge in [0.15, 0.2) is 5.84 Å². The van der Waals surface area contributed by atoms with Gasteiger partial charge < -0.3 is 15.8 Å². The van der Waals surface area contributed by atoms with Gasteiger partial charge in [-0.15, -0.1) is 0 Å². The third kappa shape index (κ3) is 3.72. The Hall–Kier alpha value is -2.08. The van der Waals surface area contributed by atoms with Gasteiger partial charge in [0.2, 0.25) is 0 Å². The molecule has 2 aromatic rings. The summed E-state index contributed by atoms with van der Waals surface area (Å²) in [5.41, 5.74) is 7.94. The Morgan fingerprint density at radius 3 is 2.76 bits per heavy atom. The molecule has 4 nitrogen and oxygen atoms in total. The molecule has 0 amide bonds. The van der Waals surface area contributed by atoms with Crippen LogP contribution in [0.25, 0.3) is 0 Å². The second kappa shape index (κ2) is 6.58. The standard InChI is InChI=1S/C15H15BrFN3O/c1-20(9-10-3-2-4-12(17)7-10)14-6-5-11(16)8-13(14)15(18)19-21/h2-8,21H,9H2,1H3,(H2,18,19). The van der Waals surface area contributed by atoms with Gasteiger partial charge in [0.25, 0.3) is 0 Å². The summed E-state index contributed by atoms with van der Waals surface area (Å²) in [6.07, 6.45) is 0. The lowest BCUT2D eigenvalue weighted by Crippen LogP contribution is -2.22. The van der Waals surface area contributed by atoms with Crippen molar-refractivity contribution in [2.45, 2.75) is 6.54 Å². The highest BCUT2D eigenvalue weighted by atomic mass is 79.9. The SMILES string of the molecule is CN(Cc1cccc(F)c1)c1ccc(Br)cc1/C(N)=N/O. The minimum Gasteiger partial charge on any atom is -0.409 e. The monoisotopic (exact) mass is 351 g/mol. The highest BCUT2D eigenvalue weighted by Crippen LogP contribution is 2.25. The molecule has 6 heteroatoms. The minimum absolute atomic E-state index is 0.0254. The van der Waals surface area contributed by atoms with Crippen LogP contribution >= 0.6 is 15.9 Å². The fourth-order valence-electron chi connectivity index (χ4n) is 2.09. The van der Waals surface area contributed by atoms with Crippen molar-refractivity contribution in [2.24, 2.45) is 10.9 Å². The van der Waals surface area contributed by atoms with Crippen molar-refractivity contribution in [1.29, 1.82) is 0 Å². The lowest BCUT2D eigenvalue weighted by Gasteiger charge is -2.22. The largest absolute Gasteiger partial charge is 0.409 e. The highest BCUT2D eigenvalue weighted by Gasteiger charge is 2.12. The molecule has 0 bridgehead atoms. The fourth-order valence-corrected chi connectivity index (χ4v) is 2.46. The summed E-state index contributed by atoms with van der Waals surface area (Å²) in [4.78, 5) is 1.91. The van der Waals surface area contributed by atoms with Crippen molar-refractivity contribution in [2.75, 3.05) is 11.9 Å². The molecule has 0 aliphatic heterocycles. The molecule has 0 heterocycles. The summed E-state index contributed by atoms with van der Waals surface area (Å²) in [6, 6.07) is 11.9. The van der Waals surface area contributed by atoms with E-state index in [9.17, 15) is 4.39 Å². The Morgan fingerprint density at radius 1 is 1.33 bits per heavy atom. The zero-order valence-electron chi connectivity index (χ0n) is 11.4. The summed E-state index contributed by atoms with van der Waals surface area (Å²) in [6.45, 7) is 0.505. The van der Waals surface area contributed by atoms with Gasteiger partial charge in [-0.2, -0.15) is 0 Å². The van der Waals surface area contributed by atoms with Crippen molar-refractivity contribution >= 4 is 27.5 Å². The second-order valence-electron chi connectivity index (χ2n) is 4.63. The Morgan fingerprint density at radius 2 is 2.10 bits per heavy atom. The van der Waals surface area contributed by atoms with E-state index in [0.717, 1.165) is 15.7 Å². The molecule has 2 rings (SSSR count). The number of hydrogen-bond acceptors (Lipinski definition) is 3. The quantitative estimate of drug-likeness (QED) is 0.384. The normalized spacial score (nSPS) is 11.5. The molecular weight excluding hydrogens is 337 g/mol. The average molecular weight is 352 g/mol. The van der Waals surface area contributed by atoms with E-state index in [1.807, 2.05) is 30.1 Å². The van der Waals surface area contributed by atoms with Crippen LogP contribution in [0.3, 0.4) is 0 Å². The van der Waals surface area contributed by atoms with Crippen molar-refractivity contribution in [3.05, 3.63) is 63.9 Å². The highest BCUT2D eigenvalue weighted by molar-refractivity contribution is 9.10. The van der Waals surface area contributed by atoms with E-state index in [2.05, 4.69) is 21.1 Å². The Balaban J connectivity index is 2.33. The van der Waals surface area contributed by atoms with E-state index >= 15 is 0 Å². The van der Waals surface area contributed by atoms with Crippen LogP contribution in [0.2, 0.25) is 0 Å². The number of hydrogen-bond donors (Lipinski definition) is 2. The van der Waals surface area contributed by atoms with Crippen molar-refractivity contribution < 1.29 is 9.60 Å². The van der Waals surface area contributed by atoms with E-state index in [0.29, 0.717) is 12.1 Å². The smallest absolute Gasteiger partial charge is 0.172 e. The van der Waals surface area contributed by atoms with Crippen LogP contribution in [0.15, 0.2) is 52.1 Å². The molecule has 0 atom stereocenters. The summed E-state index contributed by atoms with van der Waals surface area (Å²) < 4.78 is 14.1. The summed E-state index contributed by atoms with van der Waals surface area (Å²) in [5.74, 6) is -0.245. The number of amidine groups is 1. The Labute approximate surface area is 130 Å². The zero-order valence-corrected chi connectivity index (χ0v) is 13.0. The number of oxime groups is 1. The third-order valence-electron chi connectivity index (χ3n) is 3.06. The Bertz CT molecular complexity index is 676. The molecular formula is C15H15BrFN3O. The number of nitrogens with two attached hydrogens (primary N) is 1. The lowest BCUT2D eigenvalue weighted by atomic mass is 10.1. The fraction of sp³-hybridized carbons (Fsp3) is 0.133. The second-order valence-corrected chi connectivity index (χ2v) is 5.55. The predicted octanol–water partition coefficient (Wildman–Crippen LogP) is 3.32. The van der Waals surface area contributed by atoms with Crippen LogP contribution in [-0.2, 0) is 6.54 Å². The molecule has 110 valence electrons. The predicted molar refractivity (Wildman–Crippen MR) is 85.2 cm³/mol. The summed E-state index contributed by atoms with van der Waals surface area (Å²) in [5, 5.41) is 11.9. The van der Waals surface area contributed by atoms with Gasteiger partial charge in [-0.3, -0.25) is 0 Å². The van der Waals surface area contributed by atoms with E-state index in [1.54, 1.807) is 12.1 Å². The molecule has 0 radical (unpaired) electrons. The molecule has 0 aliphatic rings. The average Bonchev–Trinajstić information content (AvgIpc) is 2.46. The molecule has 21 heavy (non-hydrogen) atoms. The number of anilines is 1. The van der Waals surface area contributed by atoms with Crippen LogP contribution in [-0.4, -0.2) is 18.1 Å². The first-order chi connectivity index (χ1) is 10.0. The third-order valence-corrected chi connectivity index (χ3v) is 3.56. The Kier molecular flexibility index (Phi) is 4.80. The van der Waals surface area contributed by atoms with Crippen LogP contribution in [0.4, 0.5) is 10.1 Å². The maximum atomic E-state index is 13.2. The molecule has 0 aliphatic carbocycles. The summed E-state index contributed by atoms with van der Waals surface area (Å²) >= 11 is 3.36. The first-order valence-corrected chi connectivity index (χ1v) is 7.03. The molecule has 0 fully saturated rings. The van der Waals surface area contributed by atoms with Crippen molar-refractivity contribution in [3.63, 3.8) is 0 Å². The van der Waals surface area contributed by atoms with E-state index in [-0.39, 0.29) is 11.7 Å².